The van der Waals surface area contributed by atoms with Crippen LogP contribution in [0.4, 0.5) is 0 Å². The number of thioether (sulfide) groups is 1. The highest BCUT2D eigenvalue weighted by molar-refractivity contribution is 8.00. The quantitative estimate of drug-likeness (QED) is 0.741. The Bertz CT molecular complexity index is 231. The molecule has 15 heavy (non-hydrogen) atoms. The first kappa shape index (κ1) is 11.3. The lowest BCUT2D eigenvalue weighted by atomic mass is 10.2. The van der Waals surface area contributed by atoms with Crippen LogP contribution in [0.3, 0.4) is 0 Å². The summed E-state index contributed by atoms with van der Waals surface area (Å²) in [5, 5.41) is 7.24. The average Bonchev–Trinajstić information content (AvgIpc) is 2.89. The van der Waals surface area contributed by atoms with Crippen LogP contribution in [-0.4, -0.2) is 35.5 Å². The van der Waals surface area contributed by atoms with Crippen molar-refractivity contribution in [2.75, 3.05) is 12.3 Å². The molecule has 2 aliphatic rings. The number of carbonyl (C=O) groups is 1. The summed E-state index contributed by atoms with van der Waals surface area (Å²) in [4.78, 5) is 11.4. The molecule has 0 radical (unpaired) electrons. The van der Waals surface area contributed by atoms with Gasteiger partial charge in [0.15, 0.2) is 0 Å². The molecule has 2 atom stereocenters. The molecule has 2 fully saturated rings. The van der Waals surface area contributed by atoms with Gasteiger partial charge in [-0.1, -0.05) is 6.92 Å². The van der Waals surface area contributed by atoms with Crippen LogP contribution in [0.5, 0.6) is 0 Å². The van der Waals surface area contributed by atoms with E-state index in [2.05, 4.69) is 17.6 Å². The van der Waals surface area contributed by atoms with Crippen molar-refractivity contribution >= 4 is 17.7 Å². The SMILES string of the molecule is CC1CC(NCCC(=O)NC2CC2)CS1. The van der Waals surface area contributed by atoms with Crippen LogP contribution in [0.2, 0.25) is 0 Å². The average molecular weight is 228 g/mol. The lowest BCUT2D eigenvalue weighted by molar-refractivity contribution is -0.121. The van der Waals surface area contributed by atoms with Gasteiger partial charge >= 0.3 is 0 Å². The second kappa shape index (κ2) is 5.21. The molecule has 1 heterocycles. The molecule has 2 unspecified atom stereocenters. The molecule has 1 amide bonds. The monoisotopic (exact) mass is 228 g/mol. The molecule has 0 bridgehead atoms. The molecule has 2 rings (SSSR count). The van der Waals surface area contributed by atoms with Crippen LogP contribution in [0.1, 0.15) is 32.6 Å². The van der Waals surface area contributed by atoms with Gasteiger partial charge in [0, 0.05) is 36.1 Å². The summed E-state index contributed by atoms with van der Waals surface area (Å²) in [6.07, 6.45) is 4.23. The summed E-state index contributed by atoms with van der Waals surface area (Å²) in [6, 6.07) is 1.12. The normalized spacial score (nSPS) is 30.5. The lowest BCUT2D eigenvalue weighted by Crippen LogP contribution is -2.34. The molecule has 1 aliphatic heterocycles. The zero-order valence-electron chi connectivity index (χ0n) is 9.29. The third-order valence-electron chi connectivity index (χ3n) is 2.93. The number of rotatable bonds is 5. The van der Waals surface area contributed by atoms with E-state index >= 15 is 0 Å². The second-order valence-electron chi connectivity index (χ2n) is 4.62. The summed E-state index contributed by atoms with van der Waals surface area (Å²) >= 11 is 2.02. The van der Waals surface area contributed by atoms with Crippen molar-refractivity contribution < 1.29 is 4.79 Å². The number of hydrogen-bond donors (Lipinski definition) is 2. The number of nitrogens with one attached hydrogen (secondary N) is 2. The molecule has 3 nitrogen and oxygen atoms in total. The highest BCUT2D eigenvalue weighted by atomic mass is 32.2. The summed E-state index contributed by atoms with van der Waals surface area (Å²) in [5.41, 5.74) is 0. The summed E-state index contributed by atoms with van der Waals surface area (Å²) in [6.45, 7) is 3.10. The molecule has 2 N–H and O–H groups in total. The highest BCUT2D eigenvalue weighted by Crippen LogP contribution is 2.25. The van der Waals surface area contributed by atoms with Gasteiger partial charge < -0.3 is 10.6 Å². The minimum absolute atomic E-state index is 0.212. The Labute approximate surface area is 95.8 Å². The molecule has 1 aliphatic carbocycles. The van der Waals surface area contributed by atoms with Crippen LogP contribution in [0, 0.1) is 0 Å². The van der Waals surface area contributed by atoms with Gasteiger partial charge in [0.25, 0.3) is 0 Å². The van der Waals surface area contributed by atoms with E-state index in [4.69, 9.17) is 0 Å². The standard InChI is InChI=1S/C11H20N2OS/c1-8-6-10(7-15-8)12-5-4-11(14)13-9-2-3-9/h8-10,12H,2-7H2,1H3,(H,13,14). The number of amides is 1. The largest absolute Gasteiger partial charge is 0.353 e. The fraction of sp³-hybridized carbons (Fsp3) is 0.909. The predicted molar refractivity (Wildman–Crippen MR) is 64.1 cm³/mol. The van der Waals surface area contributed by atoms with Crippen molar-refractivity contribution in [1.82, 2.24) is 10.6 Å². The molecular formula is C11H20N2OS. The molecule has 4 heteroatoms. The van der Waals surface area contributed by atoms with E-state index in [-0.39, 0.29) is 5.91 Å². The first-order chi connectivity index (χ1) is 7.24. The molecule has 1 saturated heterocycles. The summed E-state index contributed by atoms with van der Waals surface area (Å²) in [5.74, 6) is 1.41. The fourth-order valence-electron chi connectivity index (χ4n) is 1.88. The van der Waals surface area contributed by atoms with E-state index in [0.717, 1.165) is 11.8 Å². The molecule has 0 aromatic heterocycles. The third-order valence-corrected chi connectivity index (χ3v) is 4.28. The maximum absolute atomic E-state index is 11.4. The van der Waals surface area contributed by atoms with Crippen molar-refractivity contribution in [1.29, 1.82) is 0 Å². The minimum Gasteiger partial charge on any atom is -0.353 e. The maximum Gasteiger partial charge on any atom is 0.221 e. The van der Waals surface area contributed by atoms with Gasteiger partial charge in [-0.05, 0) is 19.3 Å². The van der Waals surface area contributed by atoms with Gasteiger partial charge in [0.05, 0.1) is 0 Å². The Balaban J connectivity index is 1.52. The highest BCUT2D eigenvalue weighted by Gasteiger charge is 2.24. The topological polar surface area (TPSA) is 41.1 Å². The summed E-state index contributed by atoms with van der Waals surface area (Å²) in [7, 11) is 0. The summed E-state index contributed by atoms with van der Waals surface area (Å²) < 4.78 is 0. The van der Waals surface area contributed by atoms with Crippen molar-refractivity contribution in [2.24, 2.45) is 0 Å². The predicted octanol–water partition coefficient (Wildman–Crippen LogP) is 1.14. The molecular weight excluding hydrogens is 208 g/mol. The van der Waals surface area contributed by atoms with Gasteiger partial charge in [-0.3, -0.25) is 4.79 Å². The third kappa shape index (κ3) is 4.03. The lowest BCUT2D eigenvalue weighted by Gasteiger charge is -2.11. The zero-order chi connectivity index (χ0) is 10.7. The van der Waals surface area contributed by atoms with E-state index in [1.165, 1.54) is 25.0 Å². The Morgan fingerprint density at radius 2 is 2.20 bits per heavy atom. The van der Waals surface area contributed by atoms with Crippen molar-refractivity contribution in [2.45, 2.75) is 49.9 Å². The van der Waals surface area contributed by atoms with Gasteiger partial charge in [-0.2, -0.15) is 11.8 Å². The molecule has 0 aromatic rings. The smallest absolute Gasteiger partial charge is 0.221 e. The van der Waals surface area contributed by atoms with Gasteiger partial charge in [-0.25, -0.2) is 0 Å². The fourth-order valence-corrected chi connectivity index (χ4v) is 3.06. The van der Waals surface area contributed by atoms with Gasteiger partial charge in [-0.15, -0.1) is 0 Å². The van der Waals surface area contributed by atoms with Gasteiger partial charge in [0.1, 0.15) is 0 Å². The Hall–Kier alpha value is -0.220. The van der Waals surface area contributed by atoms with Crippen LogP contribution in [0.15, 0.2) is 0 Å². The van der Waals surface area contributed by atoms with Crippen molar-refractivity contribution in [3.05, 3.63) is 0 Å². The van der Waals surface area contributed by atoms with Crippen molar-refractivity contribution in [3.8, 4) is 0 Å². The number of hydrogen-bond acceptors (Lipinski definition) is 3. The molecule has 0 spiro atoms. The van der Waals surface area contributed by atoms with Crippen molar-refractivity contribution in [3.63, 3.8) is 0 Å². The minimum atomic E-state index is 0.212. The van der Waals surface area contributed by atoms with E-state index in [9.17, 15) is 4.79 Å². The molecule has 0 aromatic carbocycles. The van der Waals surface area contributed by atoms with Crippen LogP contribution in [-0.2, 0) is 4.79 Å². The maximum atomic E-state index is 11.4. The Morgan fingerprint density at radius 3 is 2.80 bits per heavy atom. The van der Waals surface area contributed by atoms with E-state index in [1.54, 1.807) is 0 Å². The van der Waals surface area contributed by atoms with E-state index in [0.29, 0.717) is 18.5 Å². The van der Waals surface area contributed by atoms with Crippen LogP contribution >= 0.6 is 11.8 Å². The number of carbonyl (C=O) groups excluding carboxylic acids is 1. The second-order valence-corrected chi connectivity index (χ2v) is 6.09. The van der Waals surface area contributed by atoms with Crippen LogP contribution in [0.25, 0.3) is 0 Å². The van der Waals surface area contributed by atoms with Crippen LogP contribution < -0.4 is 10.6 Å². The van der Waals surface area contributed by atoms with Gasteiger partial charge in [0.2, 0.25) is 5.91 Å². The first-order valence-electron chi connectivity index (χ1n) is 5.88. The molecule has 86 valence electrons. The zero-order valence-corrected chi connectivity index (χ0v) is 10.1. The van der Waals surface area contributed by atoms with E-state index in [1.807, 2.05) is 11.8 Å². The Morgan fingerprint density at radius 1 is 1.40 bits per heavy atom. The Kier molecular flexibility index (Phi) is 3.92. The van der Waals surface area contributed by atoms with E-state index < -0.39 is 0 Å². The first-order valence-corrected chi connectivity index (χ1v) is 6.93. The molecule has 1 saturated carbocycles.